The zero-order chi connectivity index (χ0) is 11.3. The molecule has 1 fully saturated rings. The predicted molar refractivity (Wildman–Crippen MR) is 61.5 cm³/mol. The summed E-state index contributed by atoms with van der Waals surface area (Å²) in [4.78, 5) is 13.9. The normalized spacial score (nSPS) is 21.3. The number of hydrogen-bond donors (Lipinski definition) is 2. The molecule has 1 aliphatic rings. The van der Waals surface area contributed by atoms with Gasteiger partial charge in [0.1, 0.15) is 0 Å². The van der Waals surface area contributed by atoms with Crippen LogP contribution in [0, 0.1) is 0 Å². The minimum atomic E-state index is -0.0410. The molecule has 0 saturated carbocycles. The van der Waals surface area contributed by atoms with Crippen molar-refractivity contribution in [2.75, 3.05) is 19.6 Å². The van der Waals surface area contributed by atoms with Crippen LogP contribution in [0.1, 0.15) is 33.1 Å². The third kappa shape index (κ3) is 4.62. The van der Waals surface area contributed by atoms with E-state index in [0.29, 0.717) is 12.5 Å². The molecule has 1 aliphatic heterocycles. The van der Waals surface area contributed by atoms with E-state index in [4.69, 9.17) is 5.73 Å². The average molecular weight is 213 g/mol. The van der Waals surface area contributed by atoms with Crippen molar-refractivity contribution in [3.05, 3.63) is 0 Å². The molecule has 0 radical (unpaired) electrons. The molecule has 0 spiro atoms. The van der Waals surface area contributed by atoms with Crippen molar-refractivity contribution < 1.29 is 4.79 Å². The summed E-state index contributed by atoms with van der Waals surface area (Å²) in [6, 6.07) is 0.319. The van der Waals surface area contributed by atoms with Gasteiger partial charge in [-0.3, -0.25) is 4.79 Å². The summed E-state index contributed by atoms with van der Waals surface area (Å²) in [5.41, 5.74) is 5.57. The average Bonchev–Trinajstić information content (AvgIpc) is 2.17. The van der Waals surface area contributed by atoms with Gasteiger partial charge < -0.3 is 16.0 Å². The Kier molecular flexibility index (Phi) is 5.05. The van der Waals surface area contributed by atoms with E-state index in [9.17, 15) is 4.79 Å². The summed E-state index contributed by atoms with van der Waals surface area (Å²) < 4.78 is 0. The second-order valence-electron chi connectivity index (χ2n) is 4.46. The van der Waals surface area contributed by atoms with Crippen LogP contribution in [-0.4, -0.2) is 42.5 Å². The van der Waals surface area contributed by atoms with Crippen molar-refractivity contribution in [3.63, 3.8) is 0 Å². The second-order valence-corrected chi connectivity index (χ2v) is 4.46. The number of nitrogens with two attached hydrogens (primary N) is 1. The Hall–Kier alpha value is -0.610. The number of likely N-dealkylation sites (tertiary alicyclic amines) is 1. The summed E-state index contributed by atoms with van der Waals surface area (Å²) in [5, 5.41) is 3.05. The third-order valence-corrected chi connectivity index (χ3v) is 2.91. The van der Waals surface area contributed by atoms with Crippen molar-refractivity contribution in [2.45, 2.75) is 45.2 Å². The maximum absolute atomic E-state index is 11.5. The maximum atomic E-state index is 11.5. The molecule has 0 aromatic heterocycles. The van der Waals surface area contributed by atoms with Crippen molar-refractivity contribution in [2.24, 2.45) is 5.73 Å². The lowest BCUT2D eigenvalue weighted by molar-refractivity contribution is -0.122. The Bertz CT molecular complexity index is 198. The highest BCUT2D eigenvalue weighted by Crippen LogP contribution is 2.09. The second kappa shape index (κ2) is 6.08. The molecule has 1 heterocycles. The number of piperidine rings is 1. The monoisotopic (exact) mass is 213 g/mol. The van der Waals surface area contributed by atoms with E-state index in [-0.39, 0.29) is 11.9 Å². The van der Waals surface area contributed by atoms with Gasteiger partial charge in [0.2, 0.25) is 5.91 Å². The Balaban J connectivity index is 2.20. The number of rotatable bonds is 4. The largest absolute Gasteiger partial charge is 0.353 e. The highest BCUT2D eigenvalue weighted by Gasteiger charge is 2.19. The SMILES string of the molecule is CCN1CCC(NC(=O)CC(C)N)CC1. The van der Waals surface area contributed by atoms with Gasteiger partial charge in [-0.2, -0.15) is 0 Å². The molecular weight excluding hydrogens is 190 g/mol. The summed E-state index contributed by atoms with van der Waals surface area (Å²) >= 11 is 0. The van der Waals surface area contributed by atoms with Gasteiger partial charge in [-0.05, 0) is 26.3 Å². The number of nitrogens with zero attached hydrogens (tertiary/aromatic N) is 1. The van der Waals surface area contributed by atoms with Gasteiger partial charge in [0.05, 0.1) is 0 Å². The zero-order valence-corrected chi connectivity index (χ0v) is 9.83. The van der Waals surface area contributed by atoms with Crippen LogP contribution >= 0.6 is 0 Å². The van der Waals surface area contributed by atoms with Gasteiger partial charge in [0.25, 0.3) is 0 Å². The predicted octanol–water partition coefficient (Wildman–Crippen LogP) is 0.324. The molecule has 1 amide bonds. The molecule has 3 N–H and O–H groups in total. The van der Waals surface area contributed by atoms with E-state index in [1.807, 2.05) is 6.92 Å². The van der Waals surface area contributed by atoms with Crippen LogP contribution in [-0.2, 0) is 4.79 Å². The van der Waals surface area contributed by atoms with Gasteiger partial charge in [-0.1, -0.05) is 6.92 Å². The quantitative estimate of drug-likeness (QED) is 0.707. The minimum absolute atomic E-state index is 0.0410. The number of nitrogens with one attached hydrogen (secondary N) is 1. The standard InChI is InChI=1S/C11H23N3O/c1-3-14-6-4-10(5-7-14)13-11(15)8-9(2)12/h9-10H,3-8,12H2,1-2H3,(H,13,15). The number of hydrogen-bond acceptors (Lipinski definition) is 3. The highest BCUT2D eigenvalue weighted by molar-refractivity contribution is 5.76. The first-order valence-corrected chi connectivity index (χ1v) is 5.89. The van der Waals surface area contributed by atoms with Crippen molar-refractivity contribution in [3.8, 4) is 0 Å². The van der Waals surface area contributed by atoms with Crippen LogP contribution in [0.15, 0.2) is 0 Å². The Morgan fingerprint density at radius 1 is 1.53 bits per heavy atom. The van der Waals surface area contributed by atoms with E-state index in [1.54, 1.807) is 0 Å². The van der Waals surface area contributed by atoms with Gasteiger partial charge in [0, 0.05) is 31.6 Å². The van der Waals surface area contributed by atoms with Crippen LogP contribution in [0.25, 0.3) is 0 Å². The van der Waals surface area contributed by atoms with E-state index >= 15 is 0 Å². The summed E-state index contributed by atoms with van der Waals surface area (Å²) in [6.45, 7) is 7.34. The molecule has 4 heteroatoms. The van der Waals surface area contributed by atoms with E-state index in [2.05, 4.69) is 17.1 Å². The first kappa shape index (κ1) is 12.5. The van der Waals surface area contributed by atoms with E-state index in [1.165, 1.54) is 0 Å². The molecule has 0 aliphatic carbocycles. The molecule has 1 saturated heterocycles. The molecular formula is C11H23N3O. The van der Waals surface area contributed by atoms with E-state index in [0.717, 1.165) is 32.5 Å². The molecule has 1 rings (SSSR count). The lowest BCUT2D eigenvalue weighted by Gasteiger charge is -2.31. The maximum Gasteiger partial charge on any atom is 0.221 e. The molecule has 4 nitrogen and oxygen atoms in total. The van der Waals surface area contributed by atoms with Crippen molar-refractivity contribution in [1.82, 2.24) is 10.2 Å². The Morgan fingerprint density at radius 3 is 2.60 bits per heavy atom. The first-order valence-electron chi connectivity index (χ1n) is 5.89. The third-order valence-electron chi connectivity index (χ3n) is 2.91. The van der Waals surface area contributed by atoms with Crippen LogP contribution in [0.4, 0.5) is 0 Å². The summed E-state index contributed by atoms with van der Waals surface area (Å²) in [7, 11) is 0. The van der Waals surface area contributed by atoms with Crippen LogP contribution in [0.5, 0.6) is 0 Å². The smallest absolute Gasteiger partial charge is 0.221 e. The van der Waals surface area contributed by atoms with Crippen LogP contribution in [0.3, 0.4) is 0 Å². The lowest BCUT2D eigenvalue weighted by Crippen LogP contribution is -2.45. The number of carbonyl (C=O) groups is 1. The Morgan fingerprint density at radius 2 is 2.13 bits per heavy atom. The molecule has 0 bridgehead atoms. The van der Waals surface area contributed by atoms with E-state index < -0.39 is 0 Å². The molecule has 15 heavy (non-hydrogen) atoms. The zero-order valence-electron chi connectivity index (χ0n) is 9.83. The van der Waals surface area contributed by atoms with Crippen LogP contribution in [0.2, 0.25) is 0 Å². The fourth-order valence-corrected chi connectivity index (χ4v) is 1.97. The molecule has 0 aromatic rings. The van der Waals surface area contributed by atoms with Gasteiger partial charge >= 0.3 is 0 Å². The molecule has 1 atom stereocenters. The van der Waals surface area contributed by atoms with Gasteiger partial charge in [0.15, 0.2) is 0 Å². The minimum Gasteiger partial charge on any atom is -0.353 e. The highest BCUT2D eigenvalue weighted by atomic mass is 16.1. The van der Waals surface area contributed by atoms with Gasteiger partial charge in [-0.25, -0.2) is 0 Å². The number of carbonyl (C=O) groups excluding carboxylic acids is 1. The molecule has 88 valence electrons. The number of amides is 1. The van der Waals surface area contributed by atoms with Crippen molar-refractivity contribution in [1.29, 1.82) is 0 Å². The Labute approximate surface area is 92.2 Å². The fraction of sp³-hybridized carbons (Fsp3) is 0.909. The fourth-order valence-electron chi connectivity index (χ4n) is 1.97. The first-order chi connectivity index (χ1) is 7.11. The molecule has 1 unspecified atom stereocenters. The molecule has 0 aromatic carbocycles. The summed E-state index contributed by atoms with van der Waals surface area (Å²) in [5.74, 6) is 0.0972. The topological polar surface area (TPSA) is 58.4 Å². The van der Waals surface area contributed by atoms with Crippen molar-refractivity contribution >= 4 is 5.91 Å². The van der Waals surface area contributed by atoms with Gasteiger partial charge in [-0.15, -0.1) is 0 Å². The summed E-state index contributed by atoms with van der Waals surface area (Å²) in [6.07, 6.45) is 2.57. The lowest BCUT2D eigenvalue weighted by atomic mass is 10.0. The van der Waals surface area contributed by atoms with Crippen LogP contribution < -0.4 is 11.1 Å².